The average molecular weight is 533 g/mol. The van der Waals surface area contributed by atoms with E-state index in [2.05, 4.69) is 39.4 Å². The average Bonchev–Trinajstić information content (AvgIpc) is 3.22. The third-order valence-corrected chi connectivity index (χ3v) is 8.39. The lowest BCUT2D eigenvalue weighted by atomic mass is 9.95. The van der Waals surface area contributed by atoms with Crippen LogP contribution in [-0.2, 0) is 27.4 Å². The van der Waals surface area contributed by atoms with Crippen molar-refractivity contribution < 1.29 is 23.9 Å². The zero-order valence-corrected chi connectivity index (χ0v) is 22.4. The van der Waals surface area contributed by atoms with E-state index in [0.717, 1.165) is 57.1 Å². The Bertz CT molecular complexity index is 1230. The molecule has 9 heteroatoms. The zero-order valence-electron chi connectivity index (χ0n) is 22.4. The number of hydrogen-bond donors (Lipinski definition) is 1. The molecule has 3 unspecified atom stereocenters. The molecule has 3 saturated heterocycles. The van der Waals surface area contributed by atoms with Crippen LogP contribution in [0.3, 0.4) is 0 Å². The lowest BCUT2D eigenvalue weighted by molar-refractivity contribution is -0.136. The Morgan fingerprint density at radius 1 is 1.00 bits per heavy atom. The van der Waals surface area contributed by atoms with E-state index in [0.29, 0.717) is 30.7 Å². The minimum Gasteiger partial charge on any atom is -0.487 e. The largest absolute Gasteiger partial charge is 0.487 e. The van der Waals surface area contributed by atoms with Crippen molar-refractivity contribution >= 4 is 17.7 Å². The molecule has 9 nitrogen and oxygen atoms in total. The number of hydrogen-bond acceptors (Lipinski definition) is 7. The van der Waals surface area contributed by atoms with Gasteiger partial charge in [-0.1, -0.05) is 30.3 Å². The summed E-state index contributed by atoms with van der Waals surface area (Å²) in [5.41, 5.74) is 2.75. The summed E-state index contributed by atoms with van der Waals surface area (Å²) in [5, 5.41) is 2.36. The van der Waals surface area contributed by atoms with Crippen LogP contribution in [0.4, 0.5) is 0 Å². The second-order valence-electron chi connectivity index (χ2n) is 11.0. The Kier molecular flexibility index (Phi) is 7.38. The van der Waals surface area contributed by atoms with Gasteiger partial charge in [-0.15, -0.1) is 0 Å². The fourth-order valence-corrected chi connectivity index (χ4v) is 6.37. The quantitative estimate of drug-likeness (QED) is 0.521. The molecule has 4 heterocycles. The number of fused-ring (bicyclic) bond motifs is 1. The van der Waals surface area contributed by atoms with Crippen molar-refractivity contribution in [3.63, 3.8) is 0 Å². The minimum absolute atomic E-state index is 0.0218. The summed E-state index contributed by atoms with van der Waals surface area (Å²) in [5.74, 6) is -0.107. The molecular formula is C30H36N4O5. The summed E-state index contributed by atoms with van der Waals surface area (Å²) in [6.07, 6.45) is 1.89. The van der Waals surface area contributed by atoms with Crippen molar-refractivity contribution in [1.82, 2.24) is 20.0 Å². The standard InChI is InChI=1S/C30H36N4O5/c1-2-38-23-17-33(18-23)25-12-13-32(15-20-6-4-3-5-7-20)19-27(25)39-22-8-9-24-21(14-22)16-34(30(24)37)26-10-11-28(35)31-29(26)36/h3-9,14,23,25-27H,2,10-13,15-19H2,1H3,(H,31,35,36). The maximum absolute atomic E-state index is 13.1. The maximum Gasteiger partial charge on any atom is 0.255 e. The molecule has 0 radical (unpaired) electrons. The normalized spacial score (nSPS) is 26.3. The molecule has 206 valence electrons. The molecule has 2 aromatic carbocycles. The molecule has 0 saturated carbocycles. The number of nitrogens with zero attached hydrogens (tertiary/aromatic N) is 3. The molecule has 3 fully saturated rings. The fourth-order valence-electron chi connectivity index (χ4n) is 6.37. The van der Waals surface area contributed by atoms with Gasteiger partial charge >= 0.3 is 0 Å². The molecule has 2 aromatic rings. The molecule has 0 bridgehead atoms. The topological polar surface area (TPSA) is 91.4 Å². The van der Waals surface area contributed by atoms with Gasteiger partial charge in [0.2, 0.25) is 11.8 Å². The Hall–Kier alpha value is -3.27. The first-order valence-electron chi connectivity index (χ1n) is 14.0. The number of likely N-dealkylation sites (tertiary alicyclic amines) is 2. The minimum atomic E-state index is -0.619. The summed E-state index contributed by atoms with van der Waals surface area (Å²) in [6.45, 7) is 7.67. The highest BCUT2D eigenvalue weighted by molar-refractivity contribution is 6.05. The molecule has 6 rings (SSSR count). The lowest BCUT2D eigenvalue weighted by Gasteiger charge is -2.49. The molecule has 3 amide bonds. The van der Waals surface area contributed by atoms with Crippen LogP contribution in [0, 0.1) is 0 Å². The van der Waals surface area contributed by atoms with Gasteiger partial charge in [-0.05, 0) is 49.1 Å². The van der Waals surface area contributed by atoms with Gasteiger partial charge in [0.15, 0.2) is 0 Å². The zero-order chi connectivity index (χ0) is 26.9. The Morgan fingerprint density at radius 3 is 2.59 bits per heavy atom. The van der Waals surface area contributed by atoms with Crippen molar-refractivity contribution in [2.24, 2.45) is 0 Å². The molecule has 39 heavy (non-hydrogen) atoms. The highest BCUT2D eigenvalue weighted by Gasteiger charge is 2.42. The van der Waals surface area contributed by atoms with Crippen LogP contribution in [0.5, 0.6) is 5.75 Å². The van der Waals surface area contributed by atoms with Crippen molar-refractivity contribution in [1.29, 1.82) is 0 Å². The van der Waals surface area contributed by atoms with Crippen LogP contribution < -0.4 is 10.1 Å². The smallest absolute Gasteiger partial charge is 0.255 e. The van der Waals surface area contributed by atoms with Gasteiger partial charge in [0.05, 0.1) is 6.10 Å². The SMILES string of the molecule is CCOC1CN(C2CCN(Cc3ccccc3)CC2Oc2ccc3c(c2)CN(C2CCC(=O)NC2=O)C3=O)C1. The molecule has 0 aromatic heterocycles. The Morgan fingerprint density at radius 2 is 1.82 bits per heavy atom. The second-order valence-corrected chi connectivity index (χ2v) is 11.0. The van der Waals surface area contributed by atoms with E-state index in [1.807, 2.05) is 31.2 Å². The van der Waals surface area contributed by atoms with E-state index in [4.69, 9.17) is 9.47 Å². The number of imide groups is 1. The Labute approximate surface area is 229 Å². The molecule has 3 atom stereocenters. The van der Waals surface area contributed by atoms with Crippen molar-refractivity contribution in [3.05, 3.63) is 65.2 Å². The van der Waals surface area contributed by atoms with Gasteiger partial charge in [-0.2, -0.15) is 0 Å². The molecular weight excluding hydrogens is 496 g/mol. The lowest BCUT2D eigenvalue weighted by Crippen LogP contribution is -2.64. The number of nitrogens with one attached hydrogen (secondary N) is 1. The summed E-state index contributed by atoms with van der Waals surface area (Å²) >= 11 is 0. The van der Waals surface area contributed by atoms with Gasteiger partial charge in [-0.25, -0.2) is 0 Å². The molecule has 1 N–H and O–H groups in total. The van der Waals surface area contributed by atoms with Crippen molar-refractivity contribution in [3.8, 4) is 5.75 Å². The first-order chi connectivity index (χ1) is 19.0. The summed E-state index contributed by atoms with van der Waals surface area (Å²) < 4.78 is 12.5. The first kappa shape index (κ1) is 26.0. The number of carbonyl (C=O) groups excluding carboxylic acids is 3. The van der Waals surface area contributed by atoms with E-state index >= 15 is 0 Å². The molecule has 4 aliphatic rings. The van der Waals surface area contributed by atoms with Gasteiger partial charge in [-0.3, -0.25) is 29.5 Å². The monoisotopic (exact) mass is 532 g/mol. The van der Waals surface area contributed by atoms with E-state index < -0.39 is 11.9 Å². The van der Waals surface area contributed by atoms with Crippen LogP contribution in [0.15, 0.2) is 48.5 Å². The van der Waals surface area contributed by atoms with Gasteiger partial charge in [0.25, 0.3) is 5.91 Å². The molecule has 4 aliphatic heterocycles. The number of ether oxygens (including phenoxy) is 2. The number of amides is 3. The predicted molar refractivity (Wildman–Crippen MR) is 144 cm³/mol. The van der Waals surface area contributed by atoms with E-state index in [-0.39, 0.29) is 24.3 Å². The van der Waals surface area contributed by atoms with Crippen molar-refractivity contribution in [2.45, 2.75) is 63.6 Å². The third-order valence-electron chi connectivity index (χ3n) is 8.39. The predicted octanol–water partition coefficient (Wildman–Crippen LogP) is 2.19. The number of piperidine rings is 2. The van der Waals surface area contributed by atoms with Gasteiger partial charge < -0.3 is 14.4 Å². The fraction of sp³-hybridized carbons (Fsp3) is 0.500. The van der Waals surface area contributed by atoms with Crippen LogP contribution in [0.1, 0.15) is 47.7 Å². The van der Waals surface area contributed by atoms with Crippen LogP contribution in [-0.4, -0.2) is 89.5 Å². The van der Waals surface area contributed by atoms with Crippen LogP contribution in [0.25, 0.3) is 0 Å². The third kappa shape index (κ3) is 5.44. The number of carbonyl (C=O) groups is 3. The summed E-state index contributed by atoms with van der Waals surface area (Å²) in [4.78, 5) is 43.6. The Balaban J connectivity index is 1.16. The van der Waals surface area contributed by atoms with E-state index in [1.54, 1.807) is 4.90 Å². The van der Waals surface area contributed by atoms with Crippen molar-refractivity contribution in [2.75, 3.05) is 32.8 Å². The maximum atomic E-state index is 13.1. The highest BCUT2D eigenvalue weighted by atomic mass is 16.5. The van der Waals surface area contributed by atoms with Crippen LogP contribution in [0.2, 0.25) is 0 Å². The number of benzene rings is 2. The summed E-state index contributed by atoms with van der Waals surface area (Å²) in [6, 6.07) is 15.8. The summed E-state index contributed by atoms with van der Waals surface area (Å²) in [7, 11) is 0. The van der Waals surface area contributed by atoms with Crippen LogP contribution >= 0.6 is 0 Å². The van der Waals surface area contributed by atoms with Gasteiger partial charge in [0, 0.05) is 63.9 Å². The van der Waals surface area contributed by atoms with E-state index in [1.165, 1.54) is 5.56 Å². The molecule has 0 spiro atoms. The number of rotatable bonds is 8. The molecule has 0 aliphatic carbocycles. The highest BCUT2D eigenvalue weighted by Crippen LogP contribution is 2.32. The first-order valence-corrected chi connectivity index (χ1v) is 14.0. The van der Waals surface area contributed by atoms with Gasteiger partial charge in [0.1, 0.15) is 17.9 Å². The second kappa shape index (κ2) is 11.1. The van der Waals surface area contributed by atoms with E-state index in [9.17, 15) is 14.4 Å².